The van der Waals surface area contributed by atoms with Gasteiger partial charge in [0, 0.05) is 18.3 Å². The number of anilines is 3. The average Bonchev–Trinajstić information content (AvgIpc) is 3.34. The summed E-state index contributed by atoms with van der Waals surface area (Å²) in [6.07, 6.45) is 3.92. The Morgan fingerprint density at radius 3 is 2.73 bits per heavy atom. The quantitative estimate of drug-likeness (QED) is 0.727. The van der Waals surface area contributed by atoms with Gasteiger partial charge in [0.25, 0.3) is 0 Å². The first kappa shape index (κ1) is 14.9. The van der Waals surface area contributed by atoms with Crippen molar-refractivity contribution in [1.82, 2.24) is 9.97 Å². The number of nitrogens with one attached hydrogen (secondary N) is 2. The predicted octanol–water partition coefficient (Wildman–Crippen LogP) is 2.79. The van der Waals surface area contributed by atoms with Crippen molar-refractivity contribution < 1.29 is 4.74 Å². The molecule has 0 saturated heterocycles. The number of nitrogens with zero attached hydrogens (tertiary/aromatic N) is 2. The van der Waals surface area contributed by atoms with Gasteiger partial charge in [-0.2, -0.15) is 4.98 Å². The van der Waals surface area contributed by atoms with E-state index in [1.807, 2.05) is 24.3 Å². The summed E-state index contributed by atoms with van der Waals surface area (Å²) < 4.78 is 5.43. The first-order valence-electron chi connectivity index (χ1n) is 7.23. The van der Waals surface area contributed by atoms with Crippen LogP contribution in [-0.4, -0.2) is 29.2 Å². The van der Waals surface area contributed by atoms with Gasteiger partial charge in [0.15, 0.2) is 5.82 Å². The van der Waals surface area contributed by atoms with Crippen LogP contribution >= 0.6 is 11.6 Å². The van der Waals surface area contributed by atoms with Gasteiger partial charge in [-0.1, -0.05) is 11.6 Å². The molecule has 1 fully saturated rings. The molecular weight excluding hydrogens is 302 g/mol. The van der Waals surface area contributed by atoms with E-state index in [4.69, 9.17) is 22.1 Å². The number of nitrogens with two attached hydrogens (primary N) is 1. The van der Waals surface area contributed by atoms with Crippen LogP contribution in [0.1, 0.15) is 12.8 Å². The molecule has 0 unspecified atom stereocenters. The zero-order valence-electron chi connectivity index (χ0n) is 12.1. The topological polar surface area (TPSA) is 85.1 Å². The van der Waals surface area contributed by atoms with Gasteiger partial charge in [-0.05, 0) is 37.1 Å². The highest BCUT2D eigenvalue weighted by Crippen LogP contribution is 2.28. The minimum Gasteiger partial charge on any atom is -0.492 e. The van der Waals surface area contributed by atoms with Crippen molar-refractivity contribution in [3.63, 3.8) is 0 Å². The highest BCUT2D eigenvalue weighted by atomic mass is 35.5. The molecule has 1 aromatic heterocycles. The van der Waals surface area contributed by atoms with Crippen molar-refractivity contribution in [2.45, 2.75) is 18.9 Å². The Hall–Kier alpha value is -2.05. The maximum Gasteiger partial charge on any atom is 0.229 e. The third-order valence-electron chi connectivity index (χ3n) is 3.16. The van der Waals surface area contributed by atoms with Gasteiger partial charge in [-0.15, -0.1) is 0 Å². The largest absolute Gasteiger partial charge is 0.492 e. The number of aromatic nitrogens is 2. The Balaban J connectivity index is 1.66. The lowest BCUT2D eigenvalue weighted by Crippen LogP contribution is -2.10. The van der Waals surface area contributed by atoms with E-state index < -0.39 is 0 Å². The first-order chi connectivity index (χ1) is 10.7. The molecule has 1 aromatic carbocycles. The molecule has 0 spiro atoms. The van der Waals surface area contributed by atoms with Crippen LogP contribution in [0.15, 0.2) is 30.5 Å². The molecule has 0 bridgehead atoms. The average molecular weight is 320 g/mol. The number of benzene rings is 1. The van der Waals surface area contributed by atoms with Gasteiger partial charge in [0.2, 0.25) is 5.95 Å². The van der Waals surface area contributed by atoms with E-state index in [2.05, 4.69) is 20.6 Å². The van der Waals surface area contributed by atoms with E-state index >= 15 is 0 Å². The SMILES string of the molecule is NCCOc1ccc(Nc2ncc(Cl)c(NC3CC3)n2)cc1. The fourth-order valence-corrected chi connectivity index (χ4v) is 2.04. The summed E-state index contributed by atoms with van der Waals surface area (Å²) in [5.74, 6) is 1.96. The fourth-order valence-electron chi connectivity index (χ4n) is 1.89. The van der Waals surface area contributed by atoms with Crippen LogP contribution in [0.3, 0.4) is 0 Å². The zero-order valence-corrected chi connectivity index (χ0v) is 12.8. The van der Waals surface area contributed by atoms with Gasteiger partial charge in [0.05, 0.1) is 6.20 Å². The van der Waals surface area contributed by atoms with Crippen LogP contribution < -0.4 is 21.1 Å². The fraction of sp³-hybridized carbons (Fsp3) is 0.333. The smallest absolute Gasteiger partial charge is 0.229 e. The summed E-state index contributed by atoms with van der Waals surface area (Å²) in [5, 5.41) is 6.97. The van der Waals surface area contributed by atoms with Gasteiger partial charge >= 0.3 is 0 Å². The summed E-state index contributed by atoms with van der Waals surface area (Å²) in [4.78, 5) is 8.60. The Morgan fingerprint density at radius 1 is 1.27 bits per heavy atom. The van der Waals surface area contributed by atoms with E-state index in [1.165, 1.54) is 0 Å². The van der Waals surface area contributed by atoms with E-state index in [-0.39, 0.29) is 0 Å². The number of rotatable bonds is 7. The maximum atomic E-state index is 6.10. The second-order valence-electron chi connectivity index (χ2n) is 5.10. The Kier molecular flexibility index (Phi) is 4.60. The highest BCUT2D eigenvalue weighted by Gasteiger charge is 2.22. The third kappa shape index (κ3) is 3.99. The number of ether oxygens (including phenoxy) is 1. The van der Waals surface area contributed by atoms with Gasteiger partial charge in [0.1, 0.15) is 17.4 Å². The second kappa shape index (κ2) is 6.81. The number of hydrogen-bond donors (Lipinski definition) is 3. The normalized spacial score (nSPS) is 13.7. The van der Waals surface area contributed by atoms with Crippen LogP contribution in [0.2, 0.25) is 5.02 Å². The lowest BCUT2D eigenvalue weighted by atomic mass is 10.3. The predicted molar refractivity (Wildman–Crippen MR) is 88.0 cm³/mol. The summed E-state index contributed by atoms with van der Waals surface area (Å²) >= 11 is 6.10. The monoisotopic (exact) mass is 319 g/mol. The van der Waals surface area contributed by atoms with Crippen LogP contribution in [0.5, 0.6) is 5.75 Å². The molecule has 0 atom stereocenters. The van der Waals surface area contributed by atoms with E-state index in [9.17, 15) is 0 Å². The molecule has 1 heterocycles. The van der Waals surface area contributed by atoms with Crippen molar-refractivity contribution in [1.29, 1.82) is 0 Å². The molecule has 7 heteroatoms. The summed E-state index contributed by atoms with van der Waals surface area (Å²) in [7, 11) is 0. The molecule has 1 saturated carbocycles. The molecule has 1 aliphatic rings. The molecule has 1 aliphatic carbocycles. The van der Waals surface area contributed by atoms with Gasteiger partial charge < -0.3 is 21.1 Å². The van der Waals surface area contributed by atoms with Crippen molar-refractivity contribution in [3.8, 4) is 5.75 Å². The molecule has 0 radical (unpaired) electrons. The van der Waals surface area contributed by atoms with Crippen molar-refractivity contribution >= 4 is 29.1 Å². The molecule has 116 valence electrons. The van der Waals surface area contributed by atoms with Crippen LogP contribution in [0.25, 0.3) is 0 Å². The first-order valence-corrected chi connectivity index (χ1v) is 7.61. The lowest BCUT2D eigenvalue weighted by molar-refractivity contribution is 0.328. The molecule has 0 amide bonds. The second-order valence-corrected chi connectivity index (χ2v) is 5.50. The summed E-state index contributed by atoms with van der Waals surface area (Å²) in [5.41, 5.74) is 6.28. The van der Waals surface area contributed by atoms with Crippen molar-refractivity contribution in [3.05, 3.63) is 35.5 Å². The lowest BCUT2D eigenvalue weighted by Gasteiger charge is -2.10. The standard InChI is InChI=1S/C15H18ClN5O/c16-13-9-18-15(21-14(13)19-10-1-2-10)20-11-3-5-12(6-4-11)22-8-7-17/h3-6,9-10H,1-2,7-8,17H2,(H2,18,19,20,21). The number of hydrogen-bond acceptors (Lipinski definition) is 6. The highest BCUT2D eigenvalue weighted by molar-refractivity contribution is 6.32. The molecule has 3 rings (SSSR count). The minimum atomic E-state index is 0.485. The van der Waals surface area contributed by atoms with Crippen molar-refractivity contribution in [2.75, 3.05) is 23.8 Å². The van der Waals surface area contributed by atoms with Crippen molar-refractivity contribution in [2.24, 2.45) is 5.73 Å². The third-order valence-corrected chi connectivity index (χ3v) is 3.44. The summed E-state index contributed by atoms with van der Waals surface area (Å²) in [6.45, 7) is 0.999. The summed E-state index contributed by atoms with van der Waals surface area (Å²) in [6, 6.07) is 8.03. The van der Waals surface area contributed by atoms with Crippen LogP contribution in [-0.2, 0) is 0 Å². The minimum absolute atomic E-state index is 0.485. The molecule has 4 N–H and O–H groups in total. The Bertz CT molecular complexity index is 630. The molecule has 2 aromatic rings. The van der Waals surface area contributed by atoms with Gasteiger partial charge in [-0.3, -0.25) is 0 Å². The van der Waals surface area contributed by atoms with Crippen LogP contribution in [0.4, 0.5) is 17.5 Å². The maximum absolute atomic E-state index is 6.10. The number of halogens is 1. The van der Waals surface area contributed by atoms with Crippen LogP contribution in [0, 0.1) is 0 Å². The van der Waals surface area contributed by atoms with Gasteiger partial charge in [-0.25, -0.2) is 4.98 Å². The Morgan fingerprint density at radius 2 is 2.05 bits per heavy atom. The molecule has 0 aliphatic heterocycles. The van der Waals surface area contributed by atoms with E-state index in [1.54, 1.807) is 6.20 Å². The molecule has 6 nitrogen and oxygen atoms in total. The zero-order chi connectivity index (χ0) is 15.4. The van der Waals surface area contributed by atoms with E-state index in [0.29, 0.717) is 36.0 Å². The molecule has 22 heavy (non-hydrogen) atoms. The molecular formula is C15H18ClN5O. The van der Waals surface area contributed by atoms with E-state index in [0.717, 1.165) is 24.3 Å². The Labute approximate surface area is 134 Å².